The highest BCUT2D eigenvalue weighted by atomic mass is 16.6. The maximum atomic E-state index is 11.5. The molecule has 4 heteroatoms. The number of hydrogen-bond acceptors (Lipinski definition) is 3. The number of alkyl carbamates (subject to hydrolysis) is 1. The Morgan fingerprint density at radius 2 is 2.06 bits per heavy atom. The molecule has 0 aromatic carbocycles. The van der Waals surface area contributed by atoms with Gasteiger partial charge in [-0.3, -0.25) is 0 Å². The van der Waals surface area contributed by atoms with Crippen LogP contribution in [0.3, 0.4) is 0 Å². The number of carbonyl (C=O) groups excluding carboxylic acids is 1. The van der Waals surface area contributed by atoms with Gasteiger partial charge in [0.15, 0.2) is 0 Å². The average molecular weight is 229 g/mol. The standard InChI is InChI=1S/C12H23NO3/c1-6-9(7-2)10(8-14)13-11(15)16-12(3,4)5/h6,10,14H,7-8H2,1-5H3,(H,13,15). The summed E-state index contributed by atoms with van der Waals surface area (Å²) in [5, 5.41) is 11.8. The number of nitrogens with one attached hydrogen (secondary N) is 1. The minimum atomic E-state index is -0.521. The molecule has 0 aliphatic heterocycles. The minimum Gasteiger partial charge on any atom is -0.444 e. The second-order valence-corrected chi connectivity index (χ2v) is 4.60. The van der Waals surface area contributed by atoms with Gasteiger partial charge in [-0.05, 0) is 34.1 Å². The molecule has 0 heterocycles. The van der Waals surface area contributed by atoms with Crippen molar-refractivity contribution in [3.63, 3.8) is 0 Å². The van der Waals surface area contributed by atoms with Gasteiger partial charge in [0, 0.05) is 0 Å². The smallest absolute Gasteiger partial charge is 0.408 e. The van der Waals surface area contributed by atoms with Crippen molar-refractivity contribution >= 4 is 6.09 Å². The Morgan fingerprint density at radius 3 is 2.38 bits per heavy atom. The quantitative estimate of drug-likeness (QED) is 0.727. The first-order valence-electron chi connectivity index (χ1n) is 5.59. The average Bonchev–Trinajstić information content (AvgIpc) is 2.15. The van der Waals surface area contributed by atoms with Crippen molar-refractivity contribution in [2.45, 2.75) is 52.7 Å². The molecule has 1 unspecified atom stereocenters. The molecule has 0 aliphatic rings. The first-order valence-corrected chi connectivity index (χ1v) is 5.59. The van der Waals surface area contributed by atoms with Crippen molar-refractivity contribution < 1.29 is 14.6 Å². The van der Waals surface area contributed by atoms with Crippen LogP contribution in [0, 0.1) is 0 Å². The molecule has 1 amide bonds. The van der Waals surface area contributed by atoms with Gasteiger partial charge in [-0.2, -0.15) is 0 Å². The van der Waals surface area contributed by atoms with E-state index in [1.807, 2.05) is 19.9 Å². The number of rotatable bonds is 4. The lowest BCUT2D eigenvalue weighted by atomic mass is 10.1. The van der Waals surface area contributed by atoms with E-state index in [0.717, 1.165) is 12.0 Å². The zero-order valence-electron chi connectivity index (χ0n) is 10.8. The molecule has 0 rings (SSSR count). The first kappa shape index (κ1) is 15.0. The number of allylic oxidation sites excluding steroid dienone is 1. The molecule has 2 N–H and O–H groups in total. The summed E-state index contributed by atoms with van der Waals surface area (Å²) in [6.07, 6.45) is 2.19. The van der Waals surface area contributed by atoms with E-state index in [-0.39, 0.29) is 12.6 Å². The molecule has 4 nitrogen and oxygen atoms in total. The molecule has 0 aliphatic carbocycles. The van der Waals surface area contributed by atoms with E-state index < -0.39 is 11.7 Å². The first-order chi connectivity index (χ1) is 7.34. The van der Waals surface area contributed by atoms with Gasteiger partial charge in [-0.25, -0.2) is 4.79 Å². The fourth-order valence-corrected chi connectivity index (χ4v) is 1.36. The Hall–Kier alpha value is -1.03. The van der Waals surface area contributed by atoms with Crippen molar-refractivity contribution in [1.82, 2.24) is 5.32 Å². The SMILES string of the molecule is CC=C(CC)C(CO)NC(=O)OC(C)(C)C. The van der Waals surface area contributed by atoms with Gasteiger partial charge in [-0.1, -0.05) is 18.6 Å². The van der Waals surface area contributed by atoms with E-state index in [0.29, 0.717) is 0 Å². The number of aliphatic hydroxyl groups is 1. The molecule has 0 spiro atoms. The molecule has 0 aromatic heterocycles. The zero-order chi connectivity index (χ0) is 12.8. The molecule has 0 radical (unpaired) electrons. The second-order valence-electron chi connectivity index (χ2n) is 4.60. The number of ether oxygens (including phenoxy) is 1. The molecule has 1 atom stereocenters. The summed E-state index contributed by atoms with van der Waals surface area (Å²) >= 11 is 0. The van der Waals surface area contributed by atoms with Crippen molar-refractivity contribution in [2.75, 3.05) is 6.61 Å². The number of carbonyl (C=O) groups is 1. The van der Waals surface area contributed by atoms with E-state index in [2.05, 4.69) is 5.32 Å². The molecule has 0 saturated carbocycles. The molecule has 16 heavy (non-hydrogen) atoms. The highest BCUT2D eigenvalue weighted by molar-refractivity contribution is 5.68. The number of aliphatic hydroxyl groups excluding tert-OH is 1. The molecular weight excluding hydrogens is 206 g/mol. The van der Waals surface area contributed by atoms with E-state index in [1.165, 1.54) is 0 Å². The summed E-state index contributed by atoms with van der Waals surface area (Å²) in [5.74, 6) is 0. The van der Waals surface area contributed by atoms with Crippen LogP contribution in [-0.4, -0.2) is 29.4 Å². The summed E-state index contributed by atoms with van der Waals surface area (Å²) in [7, 11) is 0. The van der Waals surface area contributed by atoms with Gasteiger partial charge in [-0.15, -0.1) is 0 Å². The van der Waals surface area contributed by atoms with Crippen molar-refractivity contribution in [3.8, 4) is 0 Å². The fourth-order valence-electron chi connectivity index (χ4n) is 1.36. The van der Waals surface area contributed by atoms with Crippen LogP contribution in [0.15, 0.2) is 11.6 Å². The van der Waals surface area contributed by atoms with Gasteiger partial charge in [0.1, 0.15) is 5.60 Å². The van der Waals surface area contributed by atoms with Crippen LogP contribution in [0.1, 0.15) is 41.0 Å². The van der Waals surface area contributed by atoms with Crippen LogP contribution in [0.25, 0.3) is 0 Å². The van der Waals surface area contributed by atoms with Crippen LogP contribution in [0.5, 0.6) is 0 Å². The lowest BCUT2D eigenvalue weighted by Gasteiger charge is -2.23. The Kier molecular flexibility index (Phi) is 6.11. The predicted octanol–water partition coefficient (Wildman–Crippen LogP) is 2.23. The Bertz CT molecular complexity index is 253. The predicted molar refractivity (Wildman–Crippen MR) is 64.3 cm³/mol. The molecule has 0 saturated heterocycles. The Labute approximate surface area is 97.7 Å². The number of hydrogen-bond donors (Lipinski definition) is 2. The van der Waals surface area contributed by atoms with E-state index in [1.54, 1.807) is 20.8 Å². The summed E-state index contributed by atoms with van der Waals surface area (Å²) < 4.78 is 5.12. The second kappa shape index (κ2) is 6.53. The van der Waals surface area contributed by atoms with E-state index in [4.69, 9.17) is 4.74 Å². The molecule has 0 fully saturated rings. The van der Waals surface area contributed by atoms with Gasteiger partial charge < -0.3 is 15.2 Å². The summed E-state index contributed by atoms with van der Waals surface area (Å²) in [6.45, 7) is 9.16. The highest BCUT2D eigenvalue weighted by Gasteiger charge is 2.20. The highest BCUT2D eigenvalue weighted by Crippen LogP contribution is 2.10. The molecule has 94 valence electrons. The Morgan fingerprint density at radius 1 is 1.50 bits per heavy atom. The van der Waals surface area contributed by atoms with Gasteiger partial charge in [0.25, 0.3) is 0 Å². The third-order valence-electron chi connectivity index (χ3n) is 2.10. The van der Waals surface area contributed by atoms with Gasteiger partial charge in [0.05, 0.1) is 12.6 Å². The van der Waals surface area contributed by atoms with E-state index in [9.17, 15) is 9.90 Å². The summed E-state index contributed by atoms with van der Waals surface area (Å²) in [6, 6.07) is -0.357. The van der Waals surface area contributed by atoms with E-state index >= 15 is 0 Å². The van der Waals surface area contributed by atoms with Crippen molar-refractivity contribution in [1.29, 1.82) is 0 Å². The van der Waals surface area contributed by atoms with Crippen LogP contribution in [0.2, 0.25) is 0 Å². The van der Waals surface area contributed by atoms with Gasteiger partial charge in [0.2, 0.25) is 0 Å². The van der Waals surface area contributed by atoms with Crippen LogP contribution < -0.4 is 5.32 Å². The van der Waals surface area contributed by atoms with Crippen LogP contribution in [0.4, 0.5) is 4.79 Å². The minimum absolute atomic E-state index is 0.118. The zero-order valence-corrected chi connectivity index (χ0v) is 10.8. The number of amides is 1. The molecular formula is C12H23NO3. The van der Waals surface area contributed by atoms with Gasteiger partial charge >= 0.3 is 6.09 Å². The normalized spacial score (nSPS) is 14.5. The summed E-state index contributed by atoms with van der Waals surface area (Å²) in [4.78, 5) is 11.5. The molecule has 0 aromatic rings. The maximum Gasteiger partial charge on any atom is 0.408 e. The van der Waals surface area contributed by atoms with Crippen LogP contribution in [-0.2, 0) is 4.74 Å². The fraction of sp³-hybridized carbons (Fsp3) is 0.750. The third kappa shape index (κ3) is 5.75. The summed E-state index contributed by atoms with van der Waals surface area (Å²) in [5.41, 5.74) is 0.472. The van der Waals surface area contributed by atoms with Crippen molar-refractivity contribution in [3.05, 3.63) is 11.6 Å². The third-order valence-corrected chi connectivity index (χ3v) is 2.10. The monoisotopic (exact) mass is 229 g/mol. The topological polar surface area (TPSA) is 58.6 Å². The van der Waals surface area contributed by atoms with Crippen molar-refractivity contribution in [2.24, 2.45) is 0 Å². The Balaban J connectivity index is 4.39. The van der Waals surface area contributed by atoms with Crippen LogP contribution >= 0.6 is 0 Å². The largest absolute Gasteiger partial charge is 0.444 e. The maximum absolute atomic E-state index is 11.5. The lowest BCUT2D eigenvalue weighted by molar-refractivity contribution is 0.0493. The molecule has 0 bridgehead atoms. The lowest BCUT2D eigenvalue weighted by Crippen LogP contribution is -2.42.